The Morgan fingerprint density at radius 1 is 0.373 bits per heavy atom. The quantitative estimate of drug-likeness (QED) is 0.180. The molecule has 0 fully saturated rings. The first-order chi connectivity index (χ1) is 25.3. The number of benzene rings is 7. The second-order valence-corrected chi connectivity index (χ2v) is 14.0. The van der Waals surface area contributed by atoms with Crippen LogP contribution in [0.5, 0.6) is 0 Å². The van der Waals surface area contributed by atoms with Crippen LogP contribution in [0.2, 0.25) is 0 Å². The Morgan fingerprint density at radius 3 is 1.63 bits per heavy atom. The van der Waals surface area contributed by atoms with Gasteiger partial charge in [0, 0.05) is 43.7 Å². The molecule has 0 N–H and O–H groups in total. The number of aromatic nitrogens is 3. The van der Waals surface area contributed by atoms with Gasteiger partial charge in [-0.2, -0.15) is 0 Å². The first kappa shape index (κ1) is 28.5. The Balaban J connectivity index is 1.16. The second-order valence-electron chi connectivity index (χ2n) is 14.0. The SMILES string of the molecule is C1=C(c2cccc(-n3c4ccccc4c4cc(-n5c6ccccc6c6c(-n7c8ccccc8c8ccccc87)cccc65)ccc43)c2)CCCC1. The predicted molar refractivity (Wildman–Crippen MR) is 216 cm³/mol. The monoisotopic (exact) mass is 653 g/mol. The smallest absolute Gasteiger partial charge is 0.0562 e. The van der Waals surface area contributed by atoms with E-state index in [1.807, 2.05) is 0 Å². The molecule has 0 saturated heterocycles. The maximum Gasteiger partial charge on any atom is 0.0562 e. The van der Waals surface area contributed by atoms with E-state index in [0.717, 1.165) is 12.1 Å². The van der Waals surface area contributed by atoms with Gasteiger partial charge in [-0.15, -0.1) is 0 Å². The van der Waals surface area contributed by atoms with Gasteiger partial charge in [0.2, 0.25) is 0 Å². The van der Waals surface area contributed by atoms with E-state index in [2.05, 4.69) is 178 Å². The van der Waals surface area contributed by atoms with Crippen molar-refractivity contribution >= 4 is 71.0 Å². The van der Waals surface area contributed by atoms with Crippen molar-refractivity contribution < 1.29 is 0 Å². The summed E-state index contributed by atoms with van der Waals surface area (Å²) < 4.78 is 7.37. The van der Waals surface area contributed by atoms with E-state index in [4.69, 9.17) is 0 Å². The maximum absolute atomic E-state index is 2.46. The zero-order valence-corrected chi connectivity index (χ0v) is 28.3. The van der Waals surface area contributed by atoms with Gasteiger partial charge >= 0.3 is 0 Å². The molecule has 1 aliphatic carbocycles. The molecule has 0 bridgehead atoms. The lowest BCUT2D eigenvalue weighted by Gasteiger charge is -2.15. The number of rotatable bonds is 4. The highest BCUT2D eigenvalue weighted by molar-refractivity contribution is 6.17. The summed E-state index contributed by atoms with van der Waals surface area (Å²) in [5, 5.41) is 7.59. The number of hydrogen-bond acceptors (Lipinski definition) is 0. The summed E-state index contributed by atoms with van der Waals surface area (Å²) in [6, 6.07) is 58.3. The van der Waals surface area contributed by atoms with Crippen molar-refractivity contribution in [3.8, 4) is 17.1 Å². The molecule has 0 aliphatic heterocycles. The Hall–Kier alpha value is -6.32. The molecular weight excluding hydrogens is 619 g/mol. The lowest BCUT2D eigenvalue weighted by Crippen LogP contribution is -1.98. The average Bonchev–Trinajstić information content (AvgIpc) is 3.84. The van der Waals surface area contributed by atoms with Gasteiger partial charge in [0.15, 0.2) is 0 Å². The first-order valence-corrected chi connectivity index (χ1v) is 18.2. The summed E-state index contributed by atoms with van der Waals surface area (Å²) in [4.78, 5) is 0. The molecule has 0 amide bonds. The van der Waals surface area contributed by atoms with E-state index < -0.39 is 0 Å². The molecule has 7 aromatic carbocycles. The highest BCUT2D eigenvalue weighted by Crippen LogP contribution is 2.41. The van der Waals surface area contributed by atoms with Crippen LogP contribution in [0.25, 0.3) is 88.1 Å². The maximum atomic E-state index is 2.46. The Bertz CT molecular complexity index is 2980. The fourth-order valence-corrected chi connectivity index (χ4v) is 8.97. The minimum absolute atomic E-state index is 1.16. The molecule has 1 aliphatic rings. The highest BCUT2D eigenvalue weighted by Gasteiger charge is 2.21. The van der Waals surface area contributed by atoms with Crippen molar-refractivity contribution in [2.24, 2.45) is 0 Å². The van der Waals surface area contributed by atoms with Crippen LogP contribution in [0.1, 0.15) is 31.2 Å². The molecule has 3 heteroatoms. The molecule has 0 atom stereocenters. The third-order valence-electron chi connectivity index (χ3n) is 11.2. The van der Waals surface area contributed by atoms with E-state index in [1.54, 1.807) is 0 Å². The standard InChI is InChI=1S/C48H35N3/c1-2-14-32(15-3-1)33-16-12-17-34(30-33)49-41-22-8-6-20-38(41)40-31-35(28-29-45(40)49)50-44-25-11-7-21-39(44)48-46(50)26-13-27-47(48)51-42-23-9-4-18-36(42)37-19-5-10-24-43(37)51/h4-14,16-31H,1-3,15H2. The summed E-state index contributed by atoms with van der Waals surface area (Å²) in [5.74, 6) is 0. The molecule has 242 valence electrons. The third kappa shape index (κ3) is 4.18. The average molecular weight is 654 g/mol. The summed E-state index contributed by atoms with van der Waals surface area (Å²) >= 11 is 0. The van der Waals surface area contributed by atoms with Crippen LogP contribution in [-0.4, -0.2) is 13.7 Å². The van der Waals surface area contributed by atoms with Crippen molar-refractivity contribution in [2.45, 2.75) is 25.7 Å². The fraction of sp³-hybridized carbons (Fsp3) is 0.0833. The van der Waals surface area contributed by atoms with Gasteiger partial charge in [-0.25, -0.2) is 0 Å². The van der Waals surface area contributed by atoms with E-state index in [0.29, 0.717) is 0 Å². The van der Waals surface area contributed by atoms with Crippen LogP contribution in [0, 0.1) is 0 Å². The van der Waals surface area contributed by atoms with Gasteiger partial charge in [-0.1, -0.05) is 97.1 Å². The fourth-order valence-electron chi connectivity index (χ4n) is 8.97. The normalized spacial score (nSPS) is 13.7. The Morgan fingerprint density at radius 2 is 0.922 bits per heavy atom. The van der Waals surface area contributed by atoms with Crippen LogP contribution >= 0.6 is 0 Å². The molecule has 0 unspecified atom stereocenters. The number of para-hydroxylation sites is 4. The van der Waals surface area contributed by atoms with Gasteiger partial charge < -0.3 is 13.7 Å². The van der Waals surface area contributed by atoms with E-state index in [1.165, 1.54) is 107 Å². The van der Waals surface area contributed by atoms with Crippen molar-refractivity contribution in [3.63, 3.8) is 0 Å². The molecule has 3 nitrogen and oxygen atoms in total. The molecule has 3 aromatic heterocycles. The zero-order chi connectivity index (χ0) is 33.5. The largest absolute Gasteiger partial charge is 0.309 e. The summed E-state index contributed by atoms with van der Waals surface area (Å²) in [5.41, 5.74) is 13.7. The van der Waals surface area contributed by atoms with Crippen LogP contribution in [0.15, 0.2) is 164 Å². The summed E-state index contributed by atoms with van der Waals surface area (Å²) in [6.45, 7) is 0. The zero-order valence-electron chi connectivity index (χ0n) is 28.3. The minimum Gasteiger partial charge on any atom is -0.309 e. The van der Waals surface area contributed by atoms with Crippen LogP contribution in [-0.2, 0) is 0 Å². The third-order valence-corrected chi connectivity index (χ3v) is 11.2. The van der Waals surface area contributed by atoms with Crippen molar-refractivity contribution in [1.82, 2.24) is 13.7 Å². The molecule has 51 heavy (non-hydrogen) atoms. The van der Waals surface area contributed by atoms with Crippen molar-refractivity contribution in [3.05, 3.63) is 169 Å². The topological polar surface area (TPSA) is 14.8 Å². The van der Waals surface area contributed by atoms with Crippen LogP contribution in [0.3, 0.4) is 0 Å². The predicted octanol–water partition coefficient (Wildman–Crippen LogP) is 12.9. The van der Waals surface area contributed by atoms with Crippen molar-refractivity contribution in [2.75, 3.05) is 0 Å². The van der Waals surface area contributed by atoms with Gasteiger partial charge in [0.1, 0.15) is 0 Å². The molecule has 0 saturated carbocycles. The summed E-state index contributed by atoms with van der Waals surface area (Å²) in [7, 11) is 0. The molecule has 10 aromatic rings. The second kappa shape index (κ2) is 11.1. The van der Waals surface area contributed by atoms with Gasteiger partial charge in [-0.3, -0.25) is 0 Å². The molecule has 0 radical (unpaired) electrons. The minimum atomic E-state index is 1.16. The highest BCUT2D eigenvalue weighted by atomic mass is 15.0. The Kier molecular flexibility index (Phi) is 6.20. The van der Waals surface area contributed by atoms with Crippen LogP contribution in [0.4, 0.5) is 0 Å². The van der Waals surface area contributed by atoms with E-state index >= 15 is 0 Å². The number of allylic oxidation sites excluding steroid dienone is 2. The van der Waals surface area contributed by atoms with Crippen molar-refractivity contribution in [1.29, 1.82) is 0 Å². The number of nitrogens with zero attached hydrogens (tertiary/aromatic N) is 3. The van der Waals surface area contributed by atoms with E-state index in [-0.39, 0.29) is 0 Å². The molecule has 3 heterocycles. The molecule has 11 rings (SSSR count). The summed E-state index contributed by atoms with van der Waals surface area (Å²) in [6.07, 6.45) is 7.36. The lowest BCUT2D eigenvalue weighted by molar-refractivity contribution is 0.742. The lowest BCUT2D eigenvalue weighted by atomic mass is 9.93. The van der Waals surface area contributed by atoms with Crippen LogP contribution < -0.4 is 0 Å². The molecular formula is C48H35N3. The number of fused-ring (bicyclic) bond motifs is 9. The van der Waals surface area contributed by atoms with Gasteiger partial charge in [0.25, 0.3) is 0 Å². The van der Waals surface area contributed by atoms with Gasteiger partial charge in [0.05, 0.1) is 38.8 Å². The van der Waals surface area contributed by atoms with E-state index in [9.17, 15) is 0 Å². The first-order valence-electron chi connectivity index (χ1n) is 18.2. The molecule has 0 spiro atoms. The number of hydrogen-bond donors (Lipinski definition) is 0. The Labute approximate surface area is 295 Å². The van der Waals surface area contributed by atoms with Gasteiger partial charge in [-0.05, 0) is 104 Å².